The first-order valence-corrected chi connectivity index (χ1v) is 12.1. The van der Waals surface area contributed by atoms with Crippen LogP contribution in [0.1, 0.15) is 61.7 Å². The summed E-state index contributed by atoms with van der Waals surface area (Å²) in [6, 6.07) is 7.22. The molecule has 0 bridgehead atoms. The van der Waals surface area contributed by atoms with E-state index in [0.29, 0.717) is 29.4 Å². The third-order valence-corrected chi connectivity index (χ3v) is 6.38. The number of amides is 1. The number of nitrogens with zero attached hydrogens (tertiary/aromatic N) is 4. The van der Waals surface area contributed by atoms with Gasteiger partial charge in [-0.3, -0.25) is 9.89 Å². The van der Waals surface area contributed by atoms with Crippen molar-refractivity contribution in [2.45, 2.75) is 57.5 Å². The van der Waals surface area contributed by atoms with E-state index in [9.17, 15) is 4.79 Å². The predicted octanol–water partition coefficient (Wildman–Crippen LogP) is 4.35. The lowest BCUT2D eigenvalue weighted by Gasteiger charge is -2.19. The van der Waals surface area contributed by atoms with Crippen molar-refractivity contribution in [2.24, 2.45) is 5.92 Å². The average Bonchev–Trinajstić information content (AvgIpc) is 3.40. The van der Waals surface area contributed by atoms with E-state index in [1.54, 1.807) is 35.2 Å². The fourth-order valence-corrected chi connectivity index (χ4v) is 4.37. The highest BCUT2D eigenvalue weighted by Gasteiger charge is 2.26. The molecule has 0 atom stereocenters. The number of nitrogens with one attached hydrogen (secondary N) is 2. The van der Waals surface area contributed by atoms with E-state index in [2.05, 4.69) is 25.6 Å². The van der Waals surface area contributed by atoms with Gasteiger partial charge in [-0.2, -0.15) is 14.7 Å². The number of aromatic nitrogens is 5. The quantitative estimate of drug-likeness (QED) is 0.392. The fraction of sp³-hybridized carbons (Fsp3) is 0.440. The van der Waals surface area contributed by atoms with Crippen molar-refractivity contribution < 1.29 is 14.6 Å². The second-order valence-electron chi connectivity index (χ2n) is 9.03. The van der Waals surface area contributed by atoms with E-state index in [1.165, 1.54) is 32.1 Å². The Bertz CT molecular complexity index is 1250. The third-order valence-electron chi connectivity index (χ3n) is 6.38. The molecular formula is C25H30N6O3. The molecule has 2 aliphatic rings. The average molecular weight is 463 g/mol. The van der Waals surface area contributed by atoms with Gasteiger partial charge in [0.25, 0.3) is 5.91 Å². The van der Waals surface area contributed by atoms with Crippen molar-refractivity contribution >= 4 is 28.3 Å². The van der Waals surface area contributed by atoms with Crippen LogP contribution in [0.15, 0.2) is 42.9 Å². The summed E-state index contributed by atoms with van der Waals surface area (Å²) in [5.41, 5.74) is 1.97. The summed E-state index contributed by atoms with van der Waals surface area (Å²) in [6.45, 7) is 0.394. The van der Waals surface area contributed by atoms with Crippen LogP contribution in [0.5, 0.6) is 5.75 Å². The molecule has 9 nitrogen and oxygen atoms in total. The van der Waals surface area contributed by atoms with Crippen LogP contribution in [0.25, 0.3) is 16.6 Å². The number of hydrogen-bond acceptors (Lipinski definition) is 6. The summed E-state index contributed by atoms with van der Waals surface area (Å²) in [7, 11) is 0. The number of hydrogen-bond donors (Lipinski definition) is 3. The molecule has 4 aromatic rings. The first kappa shape index (κ1) is 22.3. The zero-order chi connectivity index (χ0) is 23.3. The number of aliphatic hydroxyl groups is 1. The molecule has 1 amide bonds. The molecule has 9 heteroatoms. The van der Waals surface area contributed by atoms with Gasteiger partial charge in [-0.05, 0) is 43.4 Å². The molecule has 6 rings (SSSR count). The van der Waals surface area contributed by atoms with Gasteiger partial charge >= 0.3 is 0 Å². The van der Waals surface area contributed by atoms with Gasteiger partial charge < -0.3 is 15.2 Å². The van der Waals surface area contributed by atoms with E-state index in [1.807, 2.05) is 12.1 Å². The molecular weight excluding hydrogens is 432 g/mol. The molecule has 2 fully saturated rings. The fourth-order valence-electron chi connectivity index (χ4n) is 4.37. The molecule has 178 valence electrons. The van der Waals surface area contributed by atoms with E-state index < -0.39 is 0 Å². The molecule has 0 saturated heterocycles. The second-order valence-corrected chi connectivity index (χ2v) is 9.03. The standard InChI is InChI=1S/C17H14N6O2.C8H16O/c24-17(21-16-9-18-15-2-1-5-20-23(15)16)12-6-10-8-19-22-13(10)7-14(12)25-11-3-4-11;9-7-6-8-4-2-1-3-5-8/h1-2,5-9,11H,3-4H2,(H,19,22)(H,21,24);8-9H,1-7H2. The lowest BCUT2D eigenvalue weighted by atomic mass is 9.87. The highest BCUT2D eigenvalue weighted by atomic mass is 16.5. The van der Waals surface area contributed by atoms with Gasteiger partial charge in [0, 0.05) is 24.3 Å². The Morgan fingerprint density at radius 3 is 2.82 bits per heavy atom. The number of aliphatic hydroxyl groups excluding tert-OH is 1. The molecule has 0 radical (unpaired) electrons. The van der Waals surface area contributed by atoms with Crippen molar-refractivity contribution in [1.29, 1.82) is 0 Å². The maximum absolute atomic E-state index is 12.9. The topological polar surface area (TPSA) is 117 Å². The lowest BCUT2D eigenvalue weighted by Crippen LogP contribution is -2.15. The molecule has 3 aromatic heterocycles. The number of H-pyrrole nitrogens is 1. The van der Waals surface area contributed by atoms with Crippen molar-refractivity contribution in [3.05, 3.63) is 48.4 Å². The van der Waals surface area contributed by atoms with Gasteiger partial charge in [-0.15, -0.1) is 0 Å². The monoisotopic (exact) mass is 462 g/mol. The first-order valence-electron chi connectivity index (χ1n) is 12.1. The summed E-state index contributed by atoms with van der Waals surface area (Å²) >= 11 is 0. The normalized spacial score (nSPS) is 16.3. The highest BCUT2D eigenvalue weighted by Crippen LogP contribution is 2.32. The van der Waals surface area contributed by atoms with Gasteiger partial charge in [0.05, 0.1) is 29.6 Å². The predicted molar refractivity (Wildman–Crippen MR) is 129 cm³/mol. The van der Waals surface area contributed by atoms with Gasteiger partial charge in [-0.25, -0.2) is 4.98 Å². The van der Waals surface area contributed by atoms with Crippen LogP contribution in [0.3, 0.4) is 0 Å². The number of ether oxygens (including phenoxy) is 1. The summed E-state index contributed by atoms with van der Waals surface area (Å²) in [5.74, 6) is 1.64. The van der Waals surface area contributed by atoms with E-state index in [-0.39, 0.29) is 12.0 Å². The zero-order valence-electron chi connectivity index (χ0n) is 19.1. The molecule has 0 unspecified atom stereocenters. The Morgan fingerprint density at radius 1 is 1.18 bits per heavy atom. The largest absolute Gasteiger partial charge is 0.490 e. The van der Waals surface area contributed by atoms with Gasteiger partial charge in [0.1, 0.15) is 5.75 Å². The Kier molecular flexibility index (Phi) is 6.71. The molecule has 3 heterocycles. The van der Waals surface area contributed by atoms with E-state index >= 15 is 0 Å². The third kappa shape index (κ3) is 5.20. The summed E-state index contributed by atoms with van der Waals surface area (Å²) in [6.07, 6.45) is 15.1. The van der Waals surface area contributed by atoms with E-state index in [4.69, 9.17) is 9.84 Å². The zero-order valence-corrected chi connectivity index (χ0v) is 19.1. The Balaban J connectivity index is 0.000000227. The van der Waals surface area contributed by atoms with Crippen LogP contribution in [-0.2, 0) is 0 Å². The maximum Gasteiger partial charge on any atom is 0.260 e. The molecule has 3 N–H and O–H groups in total. The van der Waals surface area contributed by atoms with Gasteiger partial charge in [0.2, 0.25) is 0 Å². The van der Waals surface area contributed by atoms with E-state index in [0.717, 1.165) is 36.1 Å². The minimum absolute atomic E-state index is 0.185. The van der Waals surface area contributed by atoms with Crippen molar-refractivity contribution in [3.63, 3.8) is 0 Å². The van der Waals surface area contributed by atoms with Crippen LogP contribution < -0.4 is 10.1 Å². The first-order chi connectivity index (χ1) is 16.7. The number of fused-ring (bicyclic) bond motifs is 2. The maximum atomic E-state index is 12.9. The van der Waals surface area contributed by atoms with Crippen LogP contribution in [0.4, 0.5) is 5.82 Å². The van der Waals surface area contributed by atoms with Gasteiger partial charge in [0.15, 0.2) is 11.5 Å². The summed E-state index contributed by atoms with van der Waals surface area (Å²) in [4.78, 5) is 17.1. The summed E-state index contributed by atoms with van der Waals surface area (Å²) < 4.78 is 7.49. The number of rotatable bonds is 6. The van der Waals surface area contributed by atoms with Crippen molar-refractivity contribution in [3.8, 4) is 5.75 Å². The minimum Gasteiger partial charge on any atom is -0.490 e. The van der Waals surface area contributed by atoms with Crippen LogP contribution in [0, 0.1) is 5.92 Å². The Morgan fingerprint density at radius 2 is 2.03 bits per heavy atom. The molecule has 2 aliphatic carbocycles. The Hall–Kier alpha value is -3.46. The summed E-state index contributed by atoms with van der Waals surface area (Å²) in [5, 5.41) is 23.5. The Labute approximate surface area is 197 Å². The number of aromatic amines is 1. The number of anilines is 1. The van der Waals surface area contributed by atoms with Gasteiger partial charge in [-0.1, -0.05) is 32.1 Å². The lowest BCUT2D eigenvalue weighted by molar-refractivity contribution is 0.102. The number of benzene rings is 1. The van der Waals surface area contributed by atoms with Crippen molar-refractivity contribution in [2.75, 3.05) is 11.9 Å². The molecule has 2 saturated carbocycles. The number of carbonyl (C=O) groups is 1. The number of carbonyl (C=O) groups excluding carboxylic acids is 1. The second kappa shape index (κ2) is 10.2. The molecule has 0 aliphatic heterocycles. The molecule has 0 spiro atoms. The smallest absolute Gasteiger partial charge is 0.260 e. The van der Waals surface area contributed by atoms with Crippen LogP contribution in [-0.4, -0.2) is 48.5 Å². The SMILES string of the molecule is O=C(Nc1cnc2cccnn12)c1cc2cn[nH]c2cc1OC1CC1.OCCC1CCCCC1. The highest BCUT2D eigenvalue weighted by molar-refractivity contribution is 6.08. The molecule has 34 heavy (non-hydrogen) atoms. The molecule has 1 aromatic carbocycles. The van der Waals surface area contributed by atoms with Crippen molar-refractivity contribution in [1.82, 2.24) is 24.8 Å². The minimum atomic E-state index is -0.272. The van der Waals surface area contributed by atoms with Crippen LogP contribution in [0.2, 0.25) is 0 Å². The number of imidazole rings is 1. The van der Waals surface area contributed by atoms with Crippen LogP contribution >= 0.6 is 0 Å².